The van der Waals surface area contributed by atoms with Gasteiger partial charge in [0, 0.05) is 62.0 Å². The van der Waals surface area contributed by atoms with Crippen molar-refractivity contribution in [2.45, 2.75) is 50.6 Å². The number of amides is 1. The van der Waals surface area contributed by atoms with E-state index in [1.807, 2.05) is 0 Å². The Bertz CT molecular complexity index is 2610. The van der Waals surface area contributed by atoms with Gasteiger partial charge < -0.3 is 15.4 Å². The highest BCUT2D eigenvalue weighted by atomic mass is 35.5. The van der Waals surface area contributed by atoms with Gasteiger partial charge in [0.2, 0.25) is 11.8 Å². The fourth-order valence-corrected chi connectivity index (χ4v) is 7.97. The Morgan fingerprint density at radius 2 is 1.84 bits per heavy atom. The zero-order chi connectivity index (χ0) is 40.5. The normalized spacial score (nSPS) is 17.1. The molecule has 2 aliphatic rings. The lowest BCUT2D eigenvalue weighted by atomic mass is 10.0. The Labute approximate surface area is 324 Å². The molecule has 19 heteroatoms. The molecule has 0 saturated heterocycles. The van der Waals surface area contributed by atoms with Crippen molar-refractivity contribution in [2.75, 3.05) is 19.0 Å². The molecular formula is C38H32ClF6N9O3. The first kappa shape index (κ1) is 38.0. The van der Waals surface area contributed by atoms with E-state index in [1.54, 1.807) is 33.2 Å². The molecule has 2 aliphatic carbocycles. The summed E-state index contributed by atoms with van der Waals surface area (Å²) in [5.74, 6) is -7.81. The Hall–Kier alpha value is -5.91. The number of alkyl halides is 4. The topological polar surface area (TPSA) is 134 Å². The third kappa shape index (κ3) is 6.64. The number of hydrogen-bond acceptors (Lipinski definition) is 8. The molecular weight excluding hydrogens is 780 g/mol. The van der Waals surface area contributed by atoms with Crippen molar-refractivity contribution < 1.29 is 35.9 Å². The van der Waals surface area contributed by atoms with Crippen LogP contribution >= 0.6 is 11.6 Å². The molecule has 0 aliphatic heterocycles. The number of hydrogen-bond donors (Lipinski definition) is 2. The van der Waals surface area contributed by atoms with E-state index in [2.05, 4.69) is 25.8 Å². The third-order valence-corrected chi connectivity index (χ3v) is 10.4. The van der Waals surface area contributed by atoms with Gasteiger partial charge in [-0.3, -0.25) is 23.5 Å². The number of carbonyl (C=O) groups is 1. The highest BCUT2D eigenvalue weighted by Gasteiger charge is 2.67. The number of anilines is 1. The summed E-state index contributed by atoms with van der Waals surface area (Å²) in [6.45, 7) is 1.20. The Morgan fingerprint density at radius 1 is 1.09 bits per heavy atom. The average molecular weight is 812 g/mol. The number of aromatic nitrogens is 7. The first-order chi connectivity index (χ1) is 27.2. The summed E-state index contributed by atoms with van der Waals surface area (Å²) < 4.78 is 96.9. The van der Waals surface area contributed by atoms with Crippen molar-refractivity contribution in [2.24, 2.45) is 13.0 Å². The monoisotopic (exact) mass is 811 g/mol. The van der Waals surface area contributed by atoms with E-state index in [0.717, 1.165) is 12.1 Å². The minimum Gasteiger partial charge on any atom is -0.478 e. The molecule has 0 radical (unpaired) electrons. The van der Waals surface area contributed by atoms with Gasteiger partial charge in [0.05, 0.1) is 40.0 Å². The number of rotatable bonds is 12. The molecule has 296 valence electrons. The number of pyridine rings is 1. The van der Waals surface area contributed by atoms with E-state index in [0.29, 0.717) is 45.5 Å². The summed E-state index contributed by atoms with van der Waals surface area (Å²) in [5.41, 5.74) is -1.46. The van der Waals surface area contributed by atoms with Crippen molar-refractivity contribution in [1.82, 2.24) is 39.4 Å². The summed E-state index contributed by atoms with van der Waals surface area (Å²) >= 11 is 6.62. The minimum absolute atomic E-state index is 0.0255. The van der Waals surface area contributed by atoms with Crippen molar-refractivity contribution in [3.63, 3.8) is 0 Å². The zero-order valence-corrected chi connectivity index (χ0v) is 31.1. The number of aryl methyl sites for hydroxylation is 1. The predicted molar refractivity (Wildman–Crippen MR) is 196 cm³/mol. The fraction of sp³-hybridized carbons (Fsp3) is 0.316. The standard InChI is InChI=1S/C38H32ClF6N9O3/c1-4-57-28-8-5-18(15-47-28)24-14-29(56)54(26-7-6-23(39)31-33(26)52(3)51-36(31)46-2)37(49-24)25(11-17-9-19(40)12-20(41)10-17)48-27(55)16-53-34-30(32(50-53)35(42)43)21-13-22(21)38(34,44)45/h5-10,12,14-15,21-22,25,35H,4,11,13,16H2,1-3H3,(H,46,51)(H,48,55)/t21-,22+,25-/m0/s1. The van der Waals surface area contributed by atoms with Crippen LogP contribution in [0.25, 0.3) is 27.8 Å². The molecule has 57 heavy (non-hydrogen) atoms. The molecule has 2 aromatic carbocycles. The van der Waals surface area contributed by atoms with Gasteiger partial charge in [-0.05, 0) is 55.2 Å². The molecule has 4 aromatic heterocycles. The maximum absolute atomic E-state index is 15.4. The van der Waals surface area contributed by atoms with Crippen LogP contribution in [0.3, 0.4) is 0 Å². The predicted octanol–water partition coefficient (Wildman–Crippen LogP) is 7.00. The lowest BCUT2D eigenvalue weighted by molar-refractivity contribution is -0.123. The number of nitrogens with zero attached hydrogens (tertiary/aromatic N) is 7. The van der Waals surface area contributed by atoms with Gasteiger partial charge in [-0.1, -0.05) is 11.6 Å². The molecule has 1 saturated carbocycles. The molecule has 4 heterocycles. The number of ether oxygens (including phenoxy) is 1. The second-order valence-electron chi connectivity index (χ2n) is 13.8. The van der Waals surface area contributed by atoms with Crippen LogP contribution in [0.15, 0.2) is 59.5 Å². The highest BCUT2D eigenvalue weighted by Crippen LogP contribution is 2.68. The van der Waals surface area contributed by atoms with Crippen LogP contribution in [0, 0.1) is 17.6 Å². The van der Waals surface area contributed by atoms with E-state index in [1.165, 1.54) is 33.6 Å². The third-order valence-electron chi connectivity index (χ3n) is 10.1. The van der Waals surface area contributed by atoms with E-state index >= 15 is 8.78 Å². The molecule has 1 fully saturated rings. The summed E-state index contributed by atoms with van der Waals surface area (Å²) in [4.78, 5) is 37.6. The molecule has 1 amide bonds. The van der Waals surface area contributed by atoms with E-state index in [-0.39, 0.29) is 46.2 Å². The van der Waals surface area contributed by atoms with Crippen molar-refractivity contribution in [3.05, 3.63) is 110 Å². The molecule has 0 unspecified atom stereocenters. The lowest BCUT2D eigenvalue weighted by Crippen LogP contribution is -2.38. The summed E-state index contributed by atoms with van der Waals surface area (Å²) in [6, 6.07) is 8.73. The first-order valence-corrected chi connectivity index (χ1v) is 18.2. The largest absolute Gasteiger partial charge is 0.478 e. The van der Waals surface area contributed by atoms with Gasteiger partial charge in [0.15, 0.2) is 5.82 Å². The molecule has 12 nitrogen and oxygen atoms in total. The molecule has 3 atom stereocenters. The number of halogens is 7. The van der Waals surface area contributed by atoms with Crippen LogP contribution in [-0.4, -0.2) is 53.7 Å². The summed E-state index contributed by atoms with van der Waals surface area (Å²) in [6.07, 6.45) is -2.11. The lowest BCUT2D eigenvalue weighted by Gasteiger charge is -2.24. The van der Waals surface area contributed by atoms with Crippen LogP contribution < -0.4 is 20.9 Å². The van der Waals surface area contributed by atoms with Crippen LogP contribution in [0.5, 0.6) is 5.88 Å². The molecule has 0 bridgehead atoms. The average Bonchev–Trinajstić information content (AvgIpc) is 3.68. The summed E-state index contributed by atoms with van der Waals surface area (Å²) in [7, 11) is 3.25. The SMILES string of the molecule is CCOc1ccc(-c2cc(=O)n(-c3ccc(Cl)c4c(NC)nn(C)c34)c([C@H](Cc3cc(F)cc(F)c3)NC(=O)Cn3nc(C(F)F)c4c3C(F)(F)[C@@H]3C[C@H]43)n2)cn1. The minimum atomic E-state index is -3.50. The fourth-order valence-electron chi connectivity index (χ4n) is 7.73. The Balaban J connectivity index is 1.30. The number of nitrogens with one attached hydrogen (secondary N) is 2. The van der Waals surface area contributed by atoms with Gasteiger partial charge in [-0.15, -0.1) is 0 Å². The van der Waals surface area contributed by atoms with Crippen molar-refractivity contribution >= 4 is 34.2 Å². The Morgan fingerprint density at radius 3 is 2.51 bits per heavy atom. The highest BCUT2D eigenvalue weighted by molar-refractivity contribution is 6.36. The van der Waals surface area contributed by atoms with Crippen LogP contribution in [0.1, 0.15) is 60.1 Å². The molecule has 0 spiro atoms. The van der Waals surface area contributed by atoms with Crippen LogP contribution in [-0.2, 0) is 30.7 Å². The quantitative estimate of drug-likeness (QED) is 0.126. The second-order valence-corrected chi connectivity index (χ2v) is 14.2. The molecule has 8 rings (SSSR count). The van der Waals surface area contributed by atoms with Crippen molar-refractivity contribution in [1.29, 1.82) is 0 Å². The van der Waals surface area contributed by atoms with Crippen LogP contribution in [0.4, 0.5) is 32.2 Å². The van der Waals surface area contributed by atoms with Crippen LogP contribution in [0.2, 0.25) is 5.02 Å². The number of benzene rings is 2. The zero-order valence-electron chi connectivity index (χ0n) is 30.3. The van der Waals surface area contributed by atoms with Gasteiger partial charge >= 0.3 is 0 Å². The maximum atomic E-state index is 15.4. The van der Waals surface area contributed by atoms with Gasteiger partial charge in [-0.2, -0.15) is 19.0 Å². The van der Waals surface area contributed by atoms with Gasteiger partial charge in [0.25, 0.3) is 17.9 Å². The smallest absolute Gasteiger partial charge is 0.293 e. The molecule has 2 N–H and O–H groups in total. The number of fused-ring (bicyclic) bond motifs is 4. The van der Waals surface area contributed by atoms with E-state index < -0.39 is 71.3 Å². The van der Waals surface area contributed by atoms with Crippen molar-refractivity contribution in [3.8, 4) is 22.8 Å². The maximum Gasteiger partial charge on any atom is 0.293 e. The van der Waals surface area contributed by atoms with Gasteiger partial charge in [-0.25, -0.2) is 27.5 Å². The Kier molecular flexibility index (Phi) is 9.49. The second kappa shape index (κ2) is 14.2. The first-order valence-electron chi connectivity index (χ1n) is 17.8. The molecule has 6 aromatic rings. The number of carbonyl (C=O) groups excluding carboxylic acids is 1. The summed E-state index contributed by atoms with van der Waals surface area (Å²) in [5, 5.41) is 14.6. The van der Waals surface area contributed by atoms with E-state index in [9.17, 15) is 27.2 Å². The van der Waals surface area contributed by atoms with Gasteiger partial charge in [0.1, 0.15) is 35.4 Å². The van der Waals surface area contributed by atoms with E-state index in [4.69, 9.17) is 21.3 Å².